The minimum Gasteiger partial charge on any atom is -0.375 e. The number of hydrogen-bond acceptors (Lipinski definition) is 2. The van der Waals surface area contributed by atoms with Crippen LogP contribution in [0.1, 0.15) is 26.0 Å². The lowest BCUT2D eigenvalue weighted by Crippen LogP contribution is -2.06. The molecule has 2 nitrogen and oxygen atoms in total. The van der Waals surface area contributed by atoms with Crippen LogP contribution in [0.2, 0.25) is 0 Å². The first-order chi connectivity index (χ1) is 6.74. The van der Waals surface area contributed by atoms with Gasteiger partial charge in [-0.15, -0.1) is 0 Å². The molecule has 78 valence electrons. The van der Waals surface area contributed by atoms with Gasteiger partial charge in [-0.1, -0.05) is 20.3 Å². The van der Waals surface area contributed by atoms with E-state index in [1.807, 2.05) is 0 Å². The Morgan fingerprint density at radius 3 is 3.00 bits per heavy atom. The van der Waals surface area contributed by atoms with Crippen molar-refractivity contribution < 1.29 is 9.13 Å². The van der Waals surface area contributed by atoms with Crippen LogP contribution in [0.25, 0.3) is 0 Å². The Labute approximate surface area is 84.1 Å². The second-order valence-electron chi connectivity index (χ2n) is 3.46. The summed E-state index contributed by atoms with van der Waals surface area (Å²) in [5.74, 6) is 0.221. The summed E-state index contributed by atoms with van der Waals surface area (Å²) in [5.41, 5.74) is 0.385. The predicted molar refractivity (Wildman–Crippen MR) is 53.3 cm³/mol. The van der Waals surface area contributed by atoms with Crippen molar-refractivity contribution in [2.24, 2.45) is 5.92 Å². The SMILES string of the molecule is CCC(C)COCc1ncccc1F. The van der Waals surface area contributed by atoms with Gasteiger partial charge in [0.2, 0.25) is 0 Å². The second-order valence-corrected chi connectivity index (χ2v) is 3.46. The van der Waals surface area contributed by atoms with Crippen LogP contribution in [0.5, 0.6) is 0 Å². The zero-order valence-electron chi connectivity index (χ0n) is 8.66. The van der Waals surface area contributed by atoms with Crippen molar-refractivity contribution in [1.82, 2.24) is 4.98 Å². The lowest BCUT2D eigenvalue weighted by Gasteiger charge is -2.08. The summed E-state index contributed by atoms with van der Waals surface area (Å²) < 4.78 is 18.4. The summed E-state index contributed by atoms with van der Waals surface area (Å²) in [7, 11) is 0. The number of halogens is 1. The Balaban J connectivity index is 2.35. The van der Waals surface area contributed by atoms with E-state index in [1.165, 1.54) is 6.07 Å². The molecule has 0 radical (unpaired) electrons. The van der Waals surface area contributed by atoms with Gasteiger partial charge in [0.15, 0.2) is 0 Å². The molecule has 0 saturated carbocycles. The Hall–Kier alpha value is -0.960. The Kier molecular flexibility index (Phi) is 4.53. The normalized spacial score (nSPS) is 12.8. The van der Waals surface area contributed by atoms with Crippen LogP contribution in [-0.2, 0) is 11.3 Å². The van der Waals surface area contributed by atoms with Gasteiger partial charge < -0.3 is 4.74 Å². The van der Waals surface area contributed by atoms with Crippen molar-refractivity contribution >= 4 is 0 Å². The lowest BCUT2D eigenvalue weighted by molar-refractivity contribution is 0.0867. The van der Waals surface area contributed by atoms with E-state index in [0.717, 1.165) is 6.42 Å². The summed E-state index contributed by atoms with van der Waals surface area (Å²) in [5, 5.41) is 0. The molecular formula is C11H16FNO. The van der Waals surface area contributed by atoms with Crippen molar-refractivity contribution in [2.45, 2.75) is 26.9 Å². The van der Waals surface area contributed by atoms with Crippen molar-refractivity contribution in [1.29, 1.82) is 0 Å². The molecule has 0 bridgehead atoms. The molecule has 14 heavy (non-hydrogen) atoms. The Morgan fingerprint density at radius 1 is 1.57 bits per heavy atom. The third-order valence-corrected chi connectivity index (χ3v) is 2.17. The monoisotopic (exact) mass is 197 g/mol. The summed E-state index contributed by atoms with van der Waals surface area (Å²) in [6, 6.07) is 2.97. The number of ether oxygens (including phenoxy) is 1. The van der Waals surface area contributed by atoms with Crippen LogP contribution in [-0.4, -0.2) is 11.6 Å². The maximum absolute atomic E-state index is 13.1. The van der Waals surface area contributed by atoms with E-state index in [2.05, 4.69) is 18.8 Å². The molecule has 0 N–H and O–H groups in total. The molecule has 1 aromatic rings. The molecule has 0 saturated heterocycles. The zero-order valence-corrected chi connectivity index (χ0v) is 8.66. The van der Waals surface area contributed by atoms with Gasteiger partial charge in [-0.3, -0.25) is 4.98 Å². The summed E-state index contributed by atoms with van der Waals surface area (Å²) in [4.78, 5) is 3.90. The van der Waals surface area contributed by atoms with Gasteiger partial charge in [0.25, 0.3) is 0 Å². The first-order valence-electron chi connectivity index (χ1n) is 4.91. The summed E-state index contributed by atoms with van der Waals surface area (Å²) >= 11 is 0. The smallest absolute Gasteiger partial charge is 0.147 e. The molecule has 0 fully saturated rings. The average Bonchev–Trinajstić information content (AvgIpc) is 2.20. The number of aromatic nitrogens is 1. The van der Waals surface area contributed by atoms with E-state index in [4.69, 9.17) is 4.74 Å². The maximum Gasteiger partial charge on any atom is 0.147 e. The second kappa shape index (κ2) is 5.70. The quantitative estimate of drug-likeness (QED) is 0.724. The molecule has 1 aromatic heterocycles. The van der Waals surface area contributed by atoms with Gasteiger partial charge in [-0.05, 0) is 18.1 Å². The third-order valence-electron chi connectivity index (χ3n) is 2.17. The van der Waals surface area contributed by atoms with Crippen LogP contribution >= 0.6 is 0 Å². The van der Waals surface area contributed by atoms with Gasteiger partial charge in [0.1, 0.15) is 11.5 Å². The van der Waals surface area contributed by atoms with Crippen LogP contribution < -0.4 is 0 Å². The highest BCUT2D eigenvalue weighted by atomic mass is 19.1. The highest BCUT2D eigenvalue weighted by Gasteiger charge is 2.03. The van der Waals surface area contributed by atoms with Crippen molar-refractivity contribution in [3.63, 3.8) is 0 Å². The number of hydrogen-bond donors (Lipinski definition) is 0. The largest absolute Gasteiger partial charge is 0.375 e. The fraction of sp³-hybridized carbons (Fsp3) is 0.545. The van der Waals surface area contributed by atoms with E-state index in [9.17, 15) is 4.39 Å². The molecule has 0 aliphatic heterocycles. The molecule has 1 atom stereocenters. The standard InChI is InChI=1S/C11H16FNO/c1-3-9(2)7-14-8-11-10(12)5-4-6-13-11/h4-6,9H,3,7-8H2,1-2H3. The van der Waals surface area contributed by atoms with E-state index in [-0.39, 0.29) is 12.4 Å². The summed E-state index contributed by atoms with van der Waals surface area (Å²) in [6.07, 6.45) is 2.65. The van der Waals surface area contributed by atoms with Gasteiger partial charge in [0.05, 0.1) is 6.61 Å². The lowest BCUT2D eigenvalue weighted by atomic mass is 10.1. The van der Waals surface area contributed by atoms with Crippen LogP contribution in [0.4, 0.5) is 4.39 Å². The molecule has 0 aromatic carbocycles. The van der Waals surface area contributed by atoms with Crippen molar-refractivity contribution in [2.75, 3.05) is 6.61 Å². The highest BCUT2D eigenvalue weighted by molar-refractivity contribution is 5.05. The molecule has 1 unspecified atom stereocenters. The topological polar surface area (TPSA) is 22.1 Å². The van der Waals surface area contributed by atoms with Crippen LogP contribution in [0.3, 0.4) is 0 Å². The van der Waals surface area contributed by atoms with Gasteiger partial charge >= 0.3 is 0 Å². The minimum absolute atomic E-state index is 0.261. The van der Waals surface area contributed by atoms with Gasteiger partial charge in [0, 0.05) is 12.8 Å². The third kappa shape index (κ3) is 3.42. The van der Waals surface area contributed by atoms with E-state index >= 15 is 0 Å². The number of pyridine rings is 1. The Bertz CT molecular complexity index is 278. The molecule has 0 spiro atoms. The van der Waals surface area contributed by atoms with E-state index in [1.54, 1.807) is 12.3 Å². The van der Waals surface area contributed by atoms with E-state index in [0.29, 0.717) is 18.2 Å². The van der Waals surface area contributed by atoms with E-state index < -0.39 is 0 Å². The van der Waals surface area contributed by atoms with Crippen molar-refractivity contribution in [3.8, 4) is 0 Å². The van der Waals surface area contributed by atoms with Crippen molar-refractivity contribution in [3.05, 3.63) is 29.8 Å². The molecule has 1 rings (SSSR count). The van der Waals surface area contributed by atoms with Gasteiger partial charge in [-0.2, -0.15) is 0 Å². The zero-order chi connectivity index (χ0) is 10.4. The van der Waals surface area contributed by atoms with Crippen LogP contribution in [0, 0.1) is 11.7 Å². The predicted octanol–water partition coefficient (Wildman–Crippen LogP) is 2.78. The molecule has 1 heterocycles. The Morgan fingerprint density at radius 2 is 2.36 bits per heavy atom. The molecule has 3 heteroatoms. The first kappa shape index (κ1) is 11.1. The highest BCUT2D eigenvalue weighted by Crippen LogP contribution is 2.06. The number of rotatable bonds is 5. The average molecular weight is 197 g/mol. The maximum atomic E-state index is 13.1. The summed E-state index contributed by atoms with van der Waals surface area (Å²) in [6.45, 7) is 5.13. The fourth-order valence-electron chi connectivity index (χ4n) is 0.999. The minimum atomic E-state index is -0.295. The fourth-order valence-corrected chi connectivity index (χ4v) is 0.999. The first-order valence-corrected chi connectivity index (χ1v) is 4.91. The molecular weight excluding hydrogens is 181 g/mol. The molecule has 0 amide bonds. The molecule has 0 aliphatic rings. The number of nitrogens with zero attached hydrogens (tertiary/aromatic N) is 1. The van der Waals surface area contributed by atoms with Gasteiger partial charge in [-0.25, -0.2) is 4.39 Å². The molecule has 0 aliphatic carbocycles. The van der Waals surface area contributed by atoms with Crippen LogP contribution in [0.15, 0.2) is 18.3 Å².